The van der Waals surface area contributed by atoms with E-state index in [-0.39, 0.29) is 0 Å². The van der Waals surface area contributed by atoms with E-state index in [0.717, 1.165) is 5.92 Å². The fraction of sp³-hybridized carbons (Fsp3) is 0.538. The lowest BCUT2D eigenvalue weighted by atomic mass is 9.83. The number of rotatable bonds is 2. The molecule has 2 heteroatoms. The SMILES string of the molecule is CC(c1ccccc1Br)C1CCCNC1. The third-order valence-electron chi connectivity index (χ3n) is 3.44. The van der Waals surface area contributed by atoms with E-state index in [1.807, 2.05) is 0 Å². The average Bonchev–Trinajstić information content (AvgIpc) is 2.30. The zero-order valence-electron chi connectivity index (χ0n) is 9.17. The molecule has 1 heterocycles. The predicted octanol–water partition coefficient (Wildman–Crippen LogP) is 3.55. The van der Waals surface area contributed by atoms with Gasteiger partial charge >= 0.3 is 0 Å². The predicted molar refractivity (Wildman–Crippen MR) is 68.2 cm³/mol. The van der Waals surface area contributed by atoms with E-state index in [2.05, 4.69) is 52.4 Å². The number of nitrogens with one attached hydrogen (secondary N) is 1. The van der Waals surface area contributed by atoms with Gasteiger partial charge in [0, 0.05) is 4.47 Å². The zero-order valence-corrected chi connectivity index (χ0v) is 10.8. The Kier molecular flexibility index (Phi) is 3.81. The number of halogens is 1. The largest absolute Gasteiger partial charge is 0.316 e. The van der Waals surface area contributed by atoms with Crippen LogP contribution in [0.5, 0.6) is 0 Å². The quantitative estimate of drug-likeness (QED) is 0.864. The smallest absolute Gasteiger partial charge is 0.0210 e. The van der Waals surface area contributed by atoms with Crippen LogP contribution >= 0.6 is 15.9 Å². The summed E-state index contributed by atoms with van der Waals surface area (Å²) in [4.78, 5) is 0. The molecule has 0 aliphatic carbocycles. The molecule has 0 radical (unpaired) electrons. The van der Waals surface area contributed by atoms with Gasteiger partial charge in [-0.25, -0.2) is 0 Å². The van der Waals surface area contributed by atoms with Gasteiger partial charge in [-0.05, 0) is 49.4 Å². The van der Waals surface area contributed by atoms with Crippen molar-refractivity contribution in [2.75, 3.05) is 13.1 Å². The molecule has 15 heavy (non-hydrogen) atoms. The highest BCUT2D eigenvalue weighted by atomic mass is 79.9. The molecule has 0 spiro atoms. The van der Waals surface area contributed by atoms with Crippen LogP contribution in [0.2, 0.25) is 0 Å². The van der Waals surface area contributed by atoms with Crippen molar-refractivity contribution in [2.24, 2.45) is 5.92 Å². The van der Waals surface area contributed by atoms with Crippen LogP contribution in [0.15, 0.2) is 28.7 Å². The van der Waals surface area contributed by atoms with Crippen LogP contribution in [0.4, 0.5) is 0 Å². The Balaban J connectivity index is 2.12. The minimum atomic E-state index is 0.647. The van der Waals surface area contributed by atoms with Crippen molar-refractivity contribution in [1.29, 1.82) is 0 Å². The highest BCUT2D eigenvalue weighted by molar-refractivity contribution is 9.10. The summed E-state index contributed by atoms with van der Waals surface area (Å²) >= 11 is 3.64. The first-order chi connectivity index (χ1) is 7.29. The minimum absolute atomic E-state index is 0.647. The van der Waals surface area contributed by atoms with Gasteiger partial charge in [-0.3, -0.25) is 0 Å². The second-order valence-corrected chi connectivity index (χ2v) is 5.27. The molecule has 0 bridgehead atoms. The van der Waals surface area contributed by atoms with Crippen molar-refractivity contribution >= 4 is 15.9 Å². The van der Waals surface area contributed by atoms with Crippen molar-refractivity contribution in [3.8, 4) is 0 Å². The number of benzene rings is 1. The standard InChI is InChI=1S/C13H18BrN/c1-10(11-5-4-8-15-9-11)12-6-2-3-7-13(12)14/h2-3,6-7,10-11,15H,4-5,8-9H2,1H3. The average molecular weight is 268 g/mol. The van der Waals surface area contributed by atoms with Gasteiger partial charge in [-0.15, -0.1) is 0 Å². The fourth-order valence-electron chi connectivity index (χ4n) is 2.40. The molecule has 2 atom stereocenters. The summed E-state index contributed by atoms with van der Waals surface area (Å²) in [5.74, 6) is 1.44. The molecule has 0 amide bonds. The maximum absolute atomic E-state index is 3.64. The Morgan fingerprint density at radius 1 is 1.40 bits per heavy atom. The van der Waals surface area contributed by atoms with Crippen LogP contribution in [0.3, 0.4) is 0 Å². The van der Waals surface area contributed by atoms with E-state index < -0.39 is 0 Å². The van der Waals surface area contributed by atoms with E-state index in [4.69, 9.17) is 0 Å². The van der Waals surface area contributed by atoms with Gasteiger partial charge in [0.1, 0.15) is 0 Å². The minimum Gasteiger partial charge on any atom is -0.316 e. The van der Waals surface area contributed by atoms with Crippen molar-refractivity contribution in [3.05, 3.63) is 34.3 Å². The summed E-state index contributed by atoms with van der Waals surface area (Å²) < 4.78 is 1.25. The number of hydrogen-bond acceptors (Lipinski definition) is 1. The maximum atomic E-state index is 3.64. The van der Waals surface area contributed by atoms with E-state index >= 15 is 0 Å². The van der Waals surface area contributed by atoms with Crippen LogP contribution in [0.25, 0.3) is 0 Å². The normalized spacial score (nSPS) is 23.7. The van der Waals surface area contributed by atoms with Gasteiger partial charge in [0.2, 0.25) is 0 Å². The number of hydrogen-bond donors (Lipinski definition) is 1. The van der Waals surface area contributed by atoms with E-state index in [0.29, 0.717) is 5.92 Å². The monoisotopic (exact) mass is 267 g/mol. The van der Waals surface area contributed by atoms with Crippen LogP contribution in [-0.4, -0.2) is 13.1 Å². The Hall–Kier alpha value is -0.340. The lowest BCUT2D eigenvalue weighted by Crippen LogP contribution is -2.32. The molecule has 1 aromatic carbocycles. The summed E-state index contributed by atoms with van der Waals surface area (Å²) in [6, 6.07) is 8.59. The van der Waals surface area contributed by atoms with E-state index in [9.17, 15) is 0 Å². The highest BCUT2D eigenvalue weighted by Crippen LogP contribution is 2.33. The lowest BCUT2D eigenvalue weighted by Gasteiger charge is -2.29. The van der Waals surface area contributed by atoms with Gasteiger partial charge in [0.05, 0.1) is 0 Å². The first-order valence-electron chi connectivity index (χ1n) is 5.74. The molecule has 1 N–H and O–H groups in total. The maximum Gasteiger partial charge on any atom is 0.0210 e. The van der Waals surface area contributed by atoms with E-state index in [1.165, 1.54) is 36.0 Å². The Labute approximate surface area is 100 Å². The summed E-state index contributed by atoms with van der Waals surface area (Å²) in [5.41, 5.74) is 1.45. The molecule has 2 rings (SSSR count). The molecule has 1 nitrogen and oxygen atoms in total. The van der Waals surface area contributed by atoms with Crippen LogP contribution in [0, 0.1) is 5.92 Å². The van der Waals surface area contributed by atoms with Crippen molar-refractivity contribution in [3.63, 3.8) is 0 Å². The zero-order chi connectivity index (χ0) is 10.7. The van der Waals surface area contributed by atoms with Crippen LogP contribution in [-0.2, 0) is 0 Å². The summed E-state index contributed by atoms with van der Waals surface area (Å²) in [6.45, 7) is 4.71. The summed E-state index contributed by atoms with van der Waals surface area (Å²) in [6.07, 6.45) is 2.68. The summed E-state index contributed by atoms with van der Waals surface area (Å²) in [7, 11) is 0. The molecule has 1 saturated heterocycles. The van der Waals surface area contributed by atoms with Crippen molar-refractivity contribution in [1.82, 2.24) is 5.32 Å². The topological polar surface area (TPSA) is 12.0 Å². The molecule has 1 aromatic rings. The first-order valence-corrected chi connectivity index (χ1v) is 6.53. The van der Waals surface area contributed by atoms with Crippen molar-refractivity contribution < 1.29 is 0 Å². The second kappa shape index (κ2) is 5.13. The van der Waals surface area contributed by atoms with Crippen LogP contribution in [0.1, 0.15) is 31.2 Å². The lowest BCUT2D eigenvalue weighted by molar-refractivity contribution is 0.334. The third-order valence-corrected chi connectivity index (χ3v) is 4.16. The summed E-state index contributed by atoms with van der Waals surface area (Å²) in [5, 5.41) is 3.49. The van der Waals surface area contributed by atoms with Gasteiger partial charge in [0.25, 0.3) is 0 Å². The molecule has 1 fully saturated rings. The Morgan fingerprint density at radius 2 is 2.20 bits per heavy atom. The highest BCUT2D eigenvalue weighted by Gasteiger charge is 2.22. The van der Waals surface area contributed by atoms with Gasteiger partial charge in [0.15, 0.2) is 0 Å². The molecular weight excluding hydrogens is 250 g/mol. The fourth-order valence-corrected chi connectivity index (χ4v) is 3.05. The molecule has 1 aliphatic heterocycles. The van der Waals surface area contributed by atoms with Gasteiger partial charge in [-0.1, -0.05) is 41.1 Å². The second-order valence-electron chi connectivity index (χ2n) is 4.42. The number of piperidine rings is 1. The molecule has 82 valence electrons. The van der Waals surface area contributed by atoms with Gasteiger partial charge < -0.3 is 5.32 Å². The molecule has 1 aliphatic rings. The molecule has 0 saturated carbocycles. The Bertz CT molecular complexity index is 318. The van der Waals surface area contributed by atoms with Crippen LogP contribution < -0.4 is 5.32 Å². The first kappa shape index (κ1) is 11.2. The van der Waals surface area contributed by atoms with Gasteiger partial charge in [-0.2, -0.15) is 0 Å². The molecule has 2 unspecified atom stereocenters. The van der Waals surface area contributed by atoms with Crippen molar-refractivity contribution in [2.45, 2.75) is 25.7 Å². The molecular formula is C13H18BrN. The van der Waals surface area contributed by atoms with E-state index in [1.54, 1.807) is 0 Å². The third kappa shape index (κ3) is 2.61. The molecule has 0 aromatic heterocycles. The Morgan fingerprint density at radius 3 is 2.87 bits per heavy atom.